The molecule has 0 spiro atoms. The molecule has 0 saturated heterocycles. The summed E-state index contributed by atoms with van der Waals surface area (Å²) < 4.78 is 9.04. The van der Waals surface area contributed by atoms with E-state index in [1.807, 2.05) is 30.3 Å². The summed E-state index contributed by atoms with van der Waals surface area (Å²) in [5, 5.41) is 2.79. The molecule has 0 aliphatic carbocycles. The molecular formula is C15H23NO4. The van der Waals surface area contributed by atoms with Gasteiger partial charge < -0.3 is 9.47 Å². The Hall–Kier alpha value is -1.88. The molecule has 0 aromatic heterocycles. The second kappa shape index (κ2) is 11.0. The monoisotopic (exact) mass is 281 g/mol. The molecule has 0 aliphatic heterocycles. The summed E-state index contributed by atoms with van der Waals surface area (Å²) >= 11 is 0. The van der Waals surface area contributed by atoms with Crippen molar-refractivity contribution in [1.29, 1.82) is 0 Å². The normalized spacial score (nSPS) is 9.45. The van der Waals surface area contributed by atoms with E-state index < -0.39 is 18.0 Å². The van der Waals surface area contributed by atoms with Gasteiger partial charge in [-0.3, -0.25) is 5.32 Å². The summed E-state index contributed by atoms with van der Waals surface area (Å²) in [6.07, 6.45) is 1.25. The third-order valence-corrected chi connectivity index (χ3v) is 2.23. The van der Waals surface area contributed by atoms with Gasteiger partial charge in [-0.05, 0) is 5.56 Å². The van der Waals surface area contributed by atoms with Crippen molar-refractivity contribution < 1.29 is 19.1 Å². The van der Waals surface area contributed by atoms with Crippen molar-refractivity contribution in [2.45, 2.75) is 32.9 Å². The molecule has 0 fully saturated rings. The molecule has 1 N–H and O–H groups in total. The van der Waals surface area contributed by atoms with E-state index in [0.29, 0.717) is 6.54 Å². The van der Waals surface area contributed by atoms with E-state index >= 15 is 0 Å². The zero-order valence-electron chi connectivity index (χ0n) is 12.5. The van der Waals surface area contributed by atoms with Crippen molar-refractivity contribution >= 4 is 11.9 Å². The van der Waals surface area contributed by atoms with Crippen molar-refractivity contribution in [2.24, 2.45) is 0 Å². The Morgan fingerprint density at radius 2 is 1.50 bits per heavy atom. The van der Waals surface area contributed by atoms with Crippen LogP contribution in [0.15, 0.2) is 30.3 Å². The molecule has 0 heterocycles. The molecular weight excluding hydrogens is 258 g/mol. The van der Waals surface area contributed by atoms with Crippen molar-refractivity contribution in [3.05, 3.63) is 35.9 Å². The molecule has 0 radical (unpaired) electrons. The molecule has 5 heteroatoms. The Bertz CT molecular complexity index is 376. The molecule has 1 aromatic carbocycles. The molecule has 5 nitrogen and oxygen atoms in total. The number of hydrogen-bond acceptors (Lipinski definition) is 5. The predicted molar refractivity (Wildman–Crippen MR) is 77.1 cm³/mol. The van der Waals surface area contributed by atoms with E-state index in [9.17, 15) is 9.59 Å². The van der Waals surface area contributed by atoms with Crippen LogP contribution in [0.4, 0.5) is 0 Å². The number of methoxy groups -OCH3 is 2. The highest BCUT2D eigenvalue weighted by atomic mass is 16.5. The van der Waals surface area contributed by atoms with Crippen LogP contribution in [0.2, 0.25) is 0 Å². The van der Waals surface area contributed by atoms with Gasteiger partial charge in [0.2, 0.25) is 6.04 Å². The molecule has 0 amide bonds. The number of nitrogens with one attached hydrogen (secondary N) is 1. The maximum atomic E-state index is 11.3. The van der Waals surface area contributed by atoms with Crippen LogP contribution >= 0.6 is 0 Å². The SMILES string of the molecule is CCC.COC(=O)C(NCc1ccccc1)C(=O)OC. The number of esters is 2. The number of ether oxygens (including phenoxy) is 2. The molecule has 20 heavy (non-hydrogen) atoms. The Morgan fingerprint density at radius 3 is 1.90 bits per heavy atom. The summed E-state index contributed by atoms with van der Waals surface area (Å²) in [6.45, 7) is 4.63. The molecule has 0 unspecified atom stereocenters. The lowest BCUT2D eigenvalue weighted by atomic mass is 10.2. The van der Waals surface area contributed by atoms with Crippen molar-refractivity contribution in [3.8, 4) is 0 Å². The first-order chi connectivity index (χ1) is 9.60. The van der Waals surface area contributed by atoms with Crippen LogP contribution in [-0.4, -0.2) is 32.2 Å². The molecule has 0 saturated carbocycles. The fraction of sp³-hybridized carbons (Fsp3) is 0.467. The summed E-state index contributed by atoms with van der Waals surface area (Å²) in [5.74, 6) is -1.32. The molecule has 112 valence electrons. The zero-order valence-corrected chi connectivity index (χ0v) is 12.5. The summed E-state index contributed by atoms with van der Waals surface area (Å²) in [6, 6.07) is 8.33. The quantitative estimate of drug-likeness (QED) is 0.659. The average Bonchev–Trinajstić information content (AvgIpc) is 2.48. The first kappa shape index (κ1) is 18.1. The first-order valence-corrected chi connectivity index (χ1v) is 6.53. The number of benzene rings is 1. The Kier molecular flexibility index (Phi) is 9.96. The standard InChI is InChI=1S/C12H15NO4.C3H8/c1-16-11(14)10(12(15)17-2)13-8-9-6-4-3-5-7-9;1-3-2/h3-7,10,13H,8H2,1-2H3;3H2,1-2H3. The lowest BCUT2D eigenvalue weighted by Gasteiger charge is -2.13. The van der Waals surface area contributed by atoms with E-state index in [1.54, 1.807) is 0 Å². The topological polar surface area (TPSA) is 64.6 Å². The fourth-order valence-electron chi connectivity index (χ4n) is 1.31. The van der Waals surface area contributed by atoms with Crippen molar-refractivity contribution in [2.75, 3.05) is 14.2 Å². The second-order valence-corrected chi connectivity index (χ2v) is 4.05. The third-order valence-electron chi connectivity index (χ3n) is 2.23. The van der Waals surface area contributed by atoms with Crippen LogP contribution < -0.4 is 5.32 Å². The predicted octanol–water partition coefficient (Wildman–Crippen LogP) is 1.91. The van der Waals surface area contributed by atoms with E-state index in [0.717, 1.165) is 5.56 Å². The lowest BCUT2D eigenvalue weighted by molar-refractivity contribution is -0.155. The Balaban J connectivity index is 0.00000110. The van der Waals surface area contributed by atoms with Gasteiger partial charge in [0.15, 0.2) is 0 Å². The number of hydrogen-bond donors (Lipinski definition) is 1. The van der Waals surface area contributed by atoms with E-state index in [4.69, 9.17) is 0 Å². The van der Waals surface area contributed by atoms with Crippen LogP contribution in [0.3, 0.4) is 0 Å². The van der Waals surface area contributed by atoms with Crippen LogP contribution in [0.1, 0.15) is 25.8 Å². The lowest BCUT2D eigenvalue weighted by Crippen LogP contribution is -2.44. The van der Waals surface area contributed by atoms with Gasteiger partial charge in [-0.15, -0.1) is 0 Å². The minimum Gasteiger partial charge on any atom is -0.467 e. The summed E-state index contributed by atoms with van der Waals surface area (Å²) in [5.41, 5.74) is 0.963. The van der Waals surface area contributed by atoms with Crippen LogP contribution in [-0.2, 0) is 25.6 Å². The molecule has 0 bridgehead atoms. The third kappa shape index (κ3) is 6.89. The summed E-state index contributed by atoms with van der Waals surface area (Å²) in [4.78, 5) is 22.7. The van der Waals surface area contributed by atoms with E-state index in [2.05, 4.69) is 28.6 Å². The van der Waals surface area contributed by atoms with Gasteiger partial charge in [0.05, 0.1) is 14.2 Å². The van der Waals surface area contributed by atoms with Gasteiger partial charge in [-0.2, -0.15) is 0 Å². The highest BCUT2D eigenvalue weighted by Gasteiger charge is 2.27. The van der Waals surface area contributed by atoms with Crippen molar-refractivity contribution in [1.82, 2.24) is 5.32 Å². The Labute approximate surface area is 120 Å². The number of rotatable bonds is 5. The Morgan fingerprint density at radius 1 is 1.05 bits per heavy atom. The van der Waals surface area contributed by atoms with Crippen molar-refractivity contribution in [3.63, 3.8) is 0 Å². The van der Waals surface area contributed by atoms with Gasteiger partial charge in [0, 0.05) is 6.54 Å². The maximum absolute atomic E-state index is 11.3. The zero-order chi connectivity index (χ0) is 15.4. The molecule has 1 aromatic rings. The highest BCUT2D eigenvalue weighted by molar-refractivity contribution is 5.99. The van der Waals surface area contributed by atoms with E-state index in [1.165, 1.54) is 20.6 Å². The molecule has 0 atom stereocenters. The summed E-state index contributed by atoms with van der Waals surface area (Å²) in [7, 11) is 2.45. The van der Waals surface area contributed by atoms with E-state index in [-0.39, 0.29) is 0 Å². The number of carbonyl (C=O) groups excluding carboxylic acids is 2. The number of carbonyl (C=O) groups is 2. The van der Waals surface area contributed by atoms with Gasteiger partial charge in [0.1, 0.15) is 0 Å². The minimum absolute atomic E-state index is 0.385. The highest BCUT2D eigenvalue weighted by Crippen LogP contribution is 2.00. The molecule has 1 rings (SSSR count). The van der Waals surface area contributed by atoms with Gasteiger partial charge in [-0.1, -0.05) is 50.6 Å². The average molecular weight is 281 g/mol. The maximum Gasteiger partial charge on any atom is 0.334 e. The van der Waals surface area contributed by atoms with Gasteiger partial charge in [0.25, 0.3) is 0 Å². The second-order valence-electron chi connectivity index (χ2n) is 4.05. The van der Waals surface area contributed by atoms with Gasteiger partial charge >= 0.3 is 11.9 Å². The van der Waals surface area contributed by atoms with Gasteiger partial charge in [-0.25, -0.2) is 9.59 Å². The van der Waals surface area contributed by atoms with Crippen LogP contribution in [0.5, 0.6) is 0 Å². The van der Waals surface area contributed by atoms with Crippen LogP contribution in [0, 0.1) is 0 Å². The van der Waals surface area contributed by atoms with Crippen LogP contribution in [0.25, 0.3) is 0 Å². The largest absolute Gasteiger partial charge is 0.467 e. The first-order valence-electron chi connectivity index (χ1n) is 6.53. The minimum atomic E-state index is -1.09. The molecule has 0 aliphatic rings. The fourth-order valence-corrected chi connectivity index (χ4v) is 1.31. The smallest absolute Gasteiger partial charge is 0.334 e.